The van der Waals surface area contributed by atoms with E-state index >= 15 is 0 Å². The molecule has 1 aromatic heterocycles. The number of anilines is 1. The van der Waals surface area contributed by atoms with Gasteiger partial charge in [0.15, 0.2) is 0 Å². The van der Waals surface area contributed by atoms with Crippen molar-refractivity contribution >= 4 is 16.6 Å². The number of likely N-dealkylation sites (tertiary alicyclic amines) is 1. The van der Waals surface area contributed by atoms with Crippen LogP contribution in [-0.2, 0) is 6.54 Å². The first-order chi connectivity index (χ1) is 8.33. The average molecular weight is 227 g/mol. The molecule has 0 spiro atoms. The Hall–Kier alpha value is -1.61. The lowest BCUT2D eigenvalue weighted by Crippen LogP contribution is -2.19. The van der Waals surface area contributed by atoms with Crippen LogP contribution in [0.5, 0.6) is 0 Å². The number of nitrogens with two attached hydrogens (primary N) is 1. The molecule has 3 nitrogen and oxygen atoms in total. The Kier molecular flexibility index (Phi) is 2.69. The first kappa shape index (κ1) is 10.5. The number of rotatable bonds is 2. The van der Waals surface area contributed by atoms with E-state index in [1.165, 1.54) is 25.9 Å². The van der Waals surface area contributed by atoms with Crippen molar-refractivity contribution in [1.82, 2.24) is 9.88 Å². The summed E-state index contributed by atoms with van der Waals surface area (Å²) in [5, 5.41) is 1.05. The molecular formula is C14H17N3. The molecule has 0 amide bonds. The number of fused-ring (bicyclic) bond motifs is 1. The molecule has 2 N–H and O–H groups in total. The Morgan fingerprint density at radius 3 is 2.76 bits per heavy atom. The topological polar surface area (TPSA) is 42.1 Å². The molecule has 0 unspecified atom stereocenters. The molecular weight excluding hydrogens is 210 g/mol. The minimum Gasteiger partial charge on any atom is -0.398 e. The van der Waals surface area contributed by atoms with E-state index in [2.05, 4.69) is 9.88 Å². The van der Waals surface area contributed by atoms with E-state index < -0.39 is 0 Å². The number of aromatic nitrogens is 1. The summed E-state index contributed by atoms with van der Waals surface area (Å²) in [4.78, 5) is 7.12. The molecule has 3 rings (SSSR count). The normalized spacial score (nSPS) is 16.7. The third-order valence-corrected chi connectivity index (χ3v) is 3.39. The van der Waals surface area contributed by atoms with E-state index in [1.54, 1.807) is 0 Å². The quantitative estimate of drug-likeness (QED) is 0.856. The van der Waals surface area contributed by atoms with Gasteiger partial charge in [0.2, 0.25) is 0 Å². The van der Waals surface area contributed by atoms with Crippen molar-refractivity contribution in [2.45, 2.75) is 19.4 Å². The summed E-state index contributed by atoms with van der Waals surface area (Å²) in [6, 6.07) is 10.1. The fourth-order valence-electron chi connectivity index (χ4n) is 2.51. The zero-order chi connectivity index (χ0) is 11.7. The first-order valence-corrected chi connectivity index (χ1v) is 6.19. The average Bonchev–Trinajstić information content (AvgIpc) is 2.82. The van der Waals surface area contributed by atoms with Crippen molar-refractivity contribution in [3.05, 3.63) is 36.0 Å². The standard InChI is InChI=1S/C14H17N3/c15-13-9-11(10-17-7-3-4-8-17)16-14-6-2-1-5-12(13)14/h1-2,5-6,9H,3-4,7-8,10H2,(H2,15,16). The second-order valence-corrected chi connectivity index (χ2v) is 4.70. The fourth-order valence-corrected chi connectivity index (χ4v) is 2.51. The van der Waals surface area contributed by atoms with Gasteiger partial charge in [-0.1, -0.05) is 18.2 Å². The third kappa shape index (κ3) is 2.11. The first-order valence-electron chi connectivity index (χ1n) is 6.19. The Labute approximate surface area is 101 Å². The van der Waals surface area contributed by atoms with Gasteiger partial charge >= 0.3 is 0 Å². The number of hydrogen-bond acceptors (Lipinski definition) is 3. The molecule has 0 saturated carbocycles. The number of nitrogens with zero attached hydrogens (tertiary/aromatic N) is 2. The summed E-state index contributed by atoms with van der Waals surface area (Å²) in [6.45, 7) is 3.30. The predicted molar refractivity (Wildman–Crippen MR) is 70.7 cm³/mol. The van der Waals surface area contributed by atoms with E-state index in [-0.39, 0.29) is 0 Å². The summed E-state index contributed by atoms with van der Waals surface area (Å²) in [5.74, 6) is 0. The van der Waals surface area contributed by atoms with Crippen LogP contribution in [0, 0.1) is 0 Å². The maximum absolute atomic E-state index is 6.07. The Morgan fingerprint density at radius 2 is 1.94 bits per heavy atom. The van der Waals surface area contributed by atoms with Gasteiger partial charge in [-0.25, -0.2) is 0 Å². The van der Waals surface area contributed by atoms with Gasteiger partial charge in [0, 0.05) is 17.6 Å². The van der Waals surface area contributed by atoms with E-state index in [1.807, 2.05) is 30.3 Å². The highest BCUT2D eigenvalue weighted by Gasteiger charge is 2.13. The van der Waals surface area contributed by atoms with Gasteiger partial charge in [-0.15, -0.1) is 0 Å². The summed E-state index contributed by atoms with van der Waals surface area (Å²) < 4.78 is 0. The molecule has 1 saturated heterocycles. The molecule has 1 aromatic carbocycles. The van der Waals surface area contributed by atoms with Gasteiger partial charge in [-0.2, -0.15) is 0 Å². The van der Waals surface area contributed by atoms with Crippen LogP contribution in [0.15, 0.2) is 30.3 Å². The van der Waals surface area contributed by atoms with E-state index in [0.717, 1.165) is 28.8 Å². The van der Waals surface area contributed by atoms with E-state index in [9.17, 15) is 0 Å². The van der Waals surface area contributed by atoms with Gasteiger partial charge in [0.05, 0.1) is 11.2 Å². The molecule has 0 bridgehead atoms. The van der Waals surface area contributed by atoms with Gasteiger partial charge < -0.3 is 5.73 Å². The lowest BCUT2D eigenvalue weighted by molar-refractivity contribution is 0.327. The van der Waals surface area contributed by atoms with Crippen molar-refractivity contribution in [2.75, 3.05) is 18.8 Å². The lowest BCUT2D eigenvalue weighted by atomic mass is 10.1. The number of para-hydroxylation sites is 1. The molecule has 1 aliphatic heterocycles. The van der Waals surface area contributed by atoms with Crippen LogP contribution in [0.1, 0.15) is 18.5 Å². The summed E-state index contributed by atoms with van der Waals surface area (Å²) in [7, 11) is 0. The molecule has 17 heavy (non-hydrogen) atoms. The zero-order valence-corrected chi connectivity index (χ0v) is 9.89. The number of nitrogen functional groups attached to an aromatic ring is 1. The van der Waals surface area contributed by atoms with Crippen molar-refractivity contribution in [2.24, 2.45) is 0 Å². The maximum Gasteiger partial charge on any atom is 0.0726 e. The smallest absolute Gasteiger partial charge is 0.0726 e. The number of benzene rings is 1. The molecule has 0 atom stereocenters. The molecule has 2 heterocycles. The molecule has 1 fully saturated rings. The van der Waals surface area contributed by atoms with Gasteiger partial charge in [0.25, 0.3) is 0 Å². The van der Waals surface area contributed by atoms with Crippen molar-refractivity contribution < 1.29 is 0 Å². The Morgan fingerprint density at radius 1 is 1.18 bits per heavy atom. The van der Waals surface area contributed by atoms with Gasteiger partial charge in [0.1, 0.15) is 0 Å². The summed E-state index contributed by atoms with van der Waals surface area (Å²) >= 11 is 0. The second-order valence-electron chi connectivity index (χ2n) is 4.70. The van der Waals surface area contributed by atoms with Crippen LogP contribution < -0.4 is 5.73 Å². The van der Waals surface area contributed by atoms with Crippen LogP contribution in [0.25, 0.3) is 10.9 Å². The number of pyridine rings is 1. The molecule has 2 aromatic rings. The van der Waals surface area contributed by atoms with E-state index in [4.69, 9.17) is 5.73 Å². The minimum absolute atomic E-state index is 0.838. The highest BCUT2D eigenvalue weighted by Crippen LogP contribution is 2.21. The van der Waals surface area contributed by atoms with Crippen LogP contribution in [-0.4, -0.2) is 23.0 Å². The SMILES string of the molecule is Nc1cc(CN2CCCC2)nc2ccccc12. The van der Waals surface area contributed by atoms with Crippen molar-refractivity contribution in [3.63, 3.8) is 0 Å². The molecule has 1 aliphatic rings. The minimum atomic E-state index is 0.838. The molecule has 0 aliphatic carbocycles. The van der Waals surface area contributed by atoms with Gasteiger partial charge in [-0.05, 0) is 38.1 Å². The lowest BCUT2D eigenvalue weighted by Gasteiger charge is -2.14. The third-order valence-electron chi connectivity index (χ3n) is 3.39. The Bertz CT molecular complexity index is 530. The van der Waals surface area contributed by atoms with Crippen LogP contribution >= 0.6 is 0 Å². The number of hydrogen-bond donors (Lipinski definition) is 1. The van der Waals surface area contributed by atoms with Crippen LogP contribution in [0.2, 0.25) is 0 Å². The molecule has 0 radical (unpaired) electrons. The van der Waals surface area contributed by atoms with Gasteiger partial charge in [-0.3, -0.25) is 9.88 Å². The Balaban J connectivity index is 1.94. The maximum atomic E-state index is 6.07. The van der Waals surface area contributed by atoms with Crippen LogP contribution in [0.3, 0.4) is 0 Å². The van der Waals surface area contributed by atoms with Crippen molar-refractivity contribution in [3.8, 4) is 0 Å². The largest absolute Gasteiger partial charge is 0.398 e. The summed E-state index contributed by atoms with van der Waals surface area (Å²) in [6.07, 6.45) is 2.62. The van der Waals surface area contributed by atoms with Crippen molar-refractivity contribution in [1.29, 1.82) is 0 Å². The molecule has 88 valence electrons. The monoisotopic (exact) mass is 227 g/mol. The highest BCUT2D eigenvalue weighted by molar-refractivity contribution is 5.90. The summed E-state index contributed by atoms with van der Waals surface area (Å²) in [5.41, 5.74) is 9.00. The fraction of sp³-hybridized carbons (Fsp3) is 0.357. The second kappa shape index (κ2) is 4.34. The predicted octanol–water partition coefficient (Wildman–Crippen LogP) is 2.41. The van der Waals surface area contributed by atoms with E-state index in [0.29, 0.717) is 0 Å². The highest BCUT2D eigenvalue weighted by atomic mass is 15.1. The van der Waals surface area contributed by atoms with Crippen LogP contribution in [0.4, 0.5) is 5.69 Å². The zero-order valence-electron chi connectivity index (χ0n) is 9.89. The molecule has 3 heteroatoms.